The van der Waals surface area contributed by atoms with E-state index in [9.17, 15) is 9.90 Å². The second-order valence-corrected chi connectivity index (χ2v) is 8.12. The molecule has 1 amide bonds. The van der Waals surface area contributed by atoms with Crippen molar-refractivity contribution in [2.45, 2.75) is 44.2 Å². The molecule has 3 aromatic rings. The Bertz CT molecular complexity index is 1140. The number of hydrogen-bond donors (Lipinski definition) is 2. The zero-order chi connectivity index (χ0) is 21.8. The van der Waals surface area contributed by atoms with Crippen LogP contribution in [0.4, 0.5) is 5.82 Å². The van der Waals surface area contributed by atoms with E-state index in [0.717, 1.165) is 0 Å². The van der Waals surface area contributed by atoms with E-state index in [2.05, 4.69) is 20.3 Å². The molecule has 1 aromatic carbocycles. The van der Waals surface area contributed by atoms with E-state index >= 15 is 0 Å². The molecule has 4 atom stereocenters. The fraction of sp³-hybridized carbons (Fsp3) is 0.400. The van der Waals surface area contributed by atoms with Crippen LogP contribution < -0.4 is 5.32 Å². The van der Waals surface area contributed by atoms with E-state index in [1.165, 1.54) is 6.33 Å². The number of aromatic nitrogens is 4. The molecule has 0 saturated carbocycles. The number of carbonyl (C=O) groups excluding carboxylic acids is 1. The predicted octanol–water partition coefficient (Wildman–Crippen LogP) is 2.14. The number of halogens is 1. The van der Waals surface area contributed by atoms with Gasteiger partial charge in [-0.3, -0.25) is 9.36 Å². The van der Waals surface area contributed by atoms with E-state index in [0.29, 0.717) is 16.7 Å². The summed E-state index contributed by atoms with van der Waals surface area (Å²) in [5.74, 6) is -0.952. The van der Waals surface area contributed by atoms with Gasteiger partial charge in [0, 0.05) is 5.56 Å². The van der Waals surface area contributed by atoms with Crippen molar-refractivity contribution in [1.29, 1.82) is 0 Å². The van der Waals surface area contributed by atoms with Gasteiger partial charge in [-0.2, -0.15) is 0 Å². The van der Waals surface area contributed by atoms with Crippen LogP contribution in [0.2, 0.25) is 5.28 Å². The molecular formula is C20H20ClN5O5. The van der Waals surface area contributed by atoms with E-state index in [4.69, 9.17) is 25.8 Å². The molecule has 10 nitrogen and oxygen atoms in total. The molecule has 2 N–H and O–H groups in total. The first-order chi connectivity index (χ1) is 14.9. The molecule has 4 heterocycles. The average molecular weight is 446 g/mol. The van der Waals surface area contributed by atoms with Crippen LogP contribution >= 0.6 is 11.6 Å². The zero-order valence-corrected chi connectivity index (χ0v) is 17.5. The summed E-state index contributed by atoms with van der Waals surface area (Å²) in [5.41, 5.74) is 1.15. The number of anilines is 1. The van der Waals surface area contributed by atoms with Gasteiger partial charge in [-0.25, -0.2) is 15.0 Å². The Kier molecular flexibility index (Phi) is 4.91. The Morgan fingerprint density at radius 1 is 1.23 bits per heavy atom. The zero-order valence-electron chi connectivity index (χ0n) is 16.7. The molecule has 2 aromatic heterocycles. The first kappa shape index (κ1) is 20.3. The summed E-state index contributed by atoms with van der Waals surface area (Å²) in [6.45, 7) is 3.35. The van der Waals surface area contributed by atoms with Crippen molar-refractivity contribution in [1.82, 2.24) is 19.5 Å². The Hall–Kier alpha value is -2.63. The number of amides is 1. The lowest BCUT2D eigenvalue weighted by molar-refractivity contribution is -0.199. The SMILES string of the molecule is CC1(C)O[C@@H]2[C@H](O1)[C@@H](CO)O[C@H]2n1c(Cl)nc2c(NC(=O)c3ccccc3)ncnc21. The maximum Gasteiger partial charge on any atom is 0.256 e. The van der Waals surface area contributed by atoms with Crippen LogP contribution in [0.3, 0.4) is 0 Å². The summed E-state index contributed by atoms with van der Waals surface area (Å²) in [6, 6.07) is 8.76. The standard InChI is InChI=1S/C20H20ClN5O5/c1-20(2)30-13-11(8-27)29-18(14(13)31-20)26-16-12(24-19(26)21)15(22-9-23-16)25-17(28)10-6-4-3-5-7-10/h3-7,9,11,13-14,18,27H,8H2,1-2H3,(H,22,23,25,28)/t11-,13-,14-,18-/m1/s1. The van der Waals surface area contributed by atoms with Crippen LogP contribution in [0.15, 0.2) is 36.7 Å². The molecule has 2 aliphatic heterocycles. The highest BCUT2D eigenvalue weighted by molar-refractivity contribution is 6.29. The van der Waals surface area contributed by atoms with Crippen molar-refractivity contribution in [3.05, 3.63) is 47.5 Å². The predicted molar refractivity (Wildman–Crippen MR) is 110 cm³/mol. The van der Waals surface area contributed by atoms with Gasteiger partial charge in [-0.1, -0.05) is 18.2 Å². The molecule has 0 unspecified atom stereocenters. The fourth-order valence-electron chi connectivity index (χ4n) is 3.98. The third-order valence-corrected chi connectivity index (χ3v) is 5.53. The Morgan fingerprint density at radius 3 is 2.71 bits per heavy atom. The van der Waals surface area contributed by atoms with Crippen LogP contribution in [0.5, 0.6) is 0 Å². The van der Waals surface area contributed by atoms with Gasteiger partial charge >= 0.3 is 0 Å². The van der Waals surface area contributed by atoms with Crippen molar-refractivity contribution < 1.29 is 24.1 Å². The molecule has 2 saturated heterocycles. The van der Waals surface area contributed by atoms with Crippen molar-refractivity contribution in [2.75, 3.05) is 11.9 Å². The molecule has 2 aliphatic rings. The number of nitrogens with one attached hydrogen (secondary N) is 1. The number of ether oxygens (including phenoxy) is 3. The molecule has 31 heavy (non-hydrogen) atoms. The highest BCUT2D eigenvalue weighted by Gasteiger charge is 2.56. The quantitative estimate of drug-likeness (QED) is 0.586. The minimum Gasteiger partial charge on any atom is -0.394 e. The number of rotatable bonds is 4. The second-order valence-electron chi connectivity index (χ2n) is 7.78. The molecule has 11 heteroatoms. The highest BCUT2D eigenvalue weighted by atomic mass is 35.5. The topological polar surface area (TPSA) is 121 Å². The lowest BCUT2D eigenvalue weighted by Crippen LogP contribution is -2.31. The van der Waals surface area contributed by atoms with Crippen molar-refractivity contribution >= 4 is 34.5 Å². The van der Waals surface area contributed by atoms with Gasteiger partial charge in [0.25, 0.3) is 5.91 Å². The summed E-state index contributed by atoms with van der Waals surface area (Å²) in [5, 5.41) is 12.6. The lowest BCUT2D eigenvalue weighted by atomic mass is 10.1. The molecule has 0 bridgehead atoms. The largest absolute Gasteiger partial charge is 0.394 e. The van der Waals surface area contributed by atoms with Gasteiger partial charge in [0.2, 0.25) is 5.28 Å². The molecule has 162 valence electrons. The number of carbonyl (C=O) groups is 1. The van der Waals surface area contributed by atoms with E-state index in [1.807, 2.05) is 6.07 Å². The summed E-state index contributed by atoms with van der Waals surface area (Å²) in [7, 11) is 0. The number of imidazole rings is 1. The number of benzene rings is 1. The number of nitrogens with zero attached hydrogens (tertiary/aromatic N) is 4. The Balaban J connectivity index is 1.52. The number of aliphatic hydroxyl groups excluding tert-OH is 1. The molecule has 2 fully saturated rings. The summed E-state index contributed by atoms with van der Waals surface area (Å²) in [6.07, 6.45) is -1.01. The molecule has 5 rings (SSSR count). The van der Waals surface area contributed by atoms with Crippen molar-refractivity contribution in [2.24, 2.45) is 0 Å². The number of aliphatic hydroxyl groups is 1. The summed E-state index contributed by atoms with van der Waals surface area (Å²) < 4.78 is 19.5. The lowest BCUT2D eigenvalue weighted by Gasteiger charge is -2.24. The number of hydrogen-bond acceptors (Lipinski definition) is 8. The van der Waals surface area contributed by atoms with Crippen LogP contribution in [-0.2, 0) is 14.2 Å². The van der Waals surface area contributed by atoms with Gasteiger partial charge < -0.3 is 24.6 Å². The van der Waals surface area contributed by atoms with Crippen LogP contribution in [0, 0.1) is 0 Å². The van der Waals surface area contributed by atoms with E-state index in [-0.39, 0.29) is 23.6 Å². The minimum absolute atomic E-state index is 0.0846. The third kappa shape index (κ3) is 3.46. The summed E-state index contributed by atoms with van der Waals surface area (Å²) in [4.78, 5) is 25.4. The van der Waals surface area contributed by atoms with Gasteiger partial charge in [-0.15, -0.1) is 0 Å². The van der Waals surface area contributed by atoms with Crippen LogP contribution in [0.1, 0.15) is 30.4 Å². The number of fused-ring (bicyclic) bond motifs is 2. The molecule has 0 aliphatic carbocycles. The summed E-state index contributed by atoms with van der Waals surface area (Å²) >= 11 is 6.46. The molecule has 0 radical (unpaired) electrons. The Morgan fingerprint density at radius 2 is 1.97 bits per heavy atom. The first-order valence-electron chi connectivity index (χ1n) is 9.75. The molecule has 0 spiro atoms. The Labute approximate surface area is 182 Å². The normalized spacial score (nSPS) is 26.8. The fourth-order valence-corrected chi connectivity index (χ4v) is 4.24. The van der Waals surface area contributed by atoms with E-state index < -0.39 is 30.3 Å². The van der Waals surface area contributed by atoms with Gasteiger partial charge in [0.1, 0.15) is 24.6 Å². The van der Waals surface area contributed by atoms with Crippen molar-refractivity contribution in [3.63, 3.8) is 0 Å². The van der Waals surface area contributed by atoms with E-state index in [1.54, 1.807) is 42.7 Å². The maximum absolute atomic E-state index is 12.6. The first-order valence-corrected chi connectivity index (χ1v) is 10.1. The van der Waals surface area contributed by atoms with Crippen molar-refractivity contribution in [3.8, 4) is 0 Å². The maximum atomic E-state index is 12.6. The van der Waals surface area contributed by atoms with Gasteiger partial charge in [-0.05, 0) is 37.6 Å². The molecular weight excluding hydrogens is 426 g/mol. The van der Waals surface area contributed by atoms with Gasteiger partial charge in [0.15, 0.2) is 29.0 Å². The van der Waals surface area contributed by atoms with Crippen LogP contribution in [0.25, 0.3) is 11.2 Å². The monoisotopic (exact) mass is 445 g/mol. The smallest absolute Gasteiger partial charge is 0.256 e. The second kappa shape index (κ2) is 7.50. The van der Waals surface area contributed by atoms with Crippen LogP contribution in [-0.4, -0.2) is 61.2 Å². The average Bonchev–Trinajstić information content (AvgIpc) is 3.36. The highest BCUT2D eigenvalue weighted by Crippen LogP contribution is 2.44. The minimum atomic E-state index is -0.836. The third-order valence-electron chi connectivity index (χ3n) is 5.26. The van der Waals surface area contributed by atoms with Gasteiger partial charge in [0.05, 0.1) is 6.61 Å².